The van der Waals surface area contributed by atoms with Crippen LogP contribution in [0.25, 0.3) is 11.4 Å². The zero-order valence-electron chi connectivity index (χ0n) is 15.7. The van der Waals surface area contributed by atoms with Crippen LogP contribution >= 0.6 is 0 Å². The molecule has 144 valence electrons. The molecule has 0 fully saturated rings. The Morgan fingerprint density at radius 1 is 0.724 bits per heavy atom. The fourth-order valence-electron chi connectivity index (χ4n) is 3.37. The van der Waals surface area contributed by atoms with Crippen LogP contribution < -0.4 is 5.56 Å². The summed E-state index contributed by atoms with van der Waals surface area (Å²) in [5.74, 6) is -0.214. The van der Waals surface area contributed by atoms with Crippen LogP contribution in [0.2, 0.25) is 0 Å². The topological polar surface area (TPSA) is 64.2 Å². The van der Waals surface area contributed by atoms with E-state index in [-0.39, 0.29) is 35.6 Å². The first-order valence-corrected chi connectivity index (χ1v) is 9.42. The lowest BCUT2D eigenvalue weighted by molar-refractivity contribution is 0.0982. The Balaban J connectivity index is 1.77. The highest BCUT2D eigenvalue weighted by atomic mass is 16.3. The van der Waals surface area contributed by atoms with Gasteiger partial charge in [-0.05, 0) is 30.7 Å². The molecule has 29 heavy (non-hydrogen) atoms. The molecule has 5 heteroatoms. The van der Waals surface area contributed by atoms with Crippen molar-refractivity contribution in [3.8, 4) is 17.3 Å². The summed E-state index contributed by atoms with van der Waals surface area (Å²) in [5, 5.41) is 10.9. The molecule has 0 saturated carbocycles. The van der Waals surface area contributed by atoms with Crippen molar-refractivity contribution < 1.29 is 9.90 Å². The minimum absolute atomic E-state index is 0.0666. The third-order valence-corrected chi connectivity index (χ3v) is 4.82. The van der Waals surface area contributed by atoms with Gasteiger partial charge in [0.15, 0.2) is 5.78 Å². The van der Waals surface area contributed by atoms with E-state index in [1.54, 1.807) is 36.4 Å². The van der Waals surface area contributed by atoms with Gasteiger partial charge in [0.25, 0.3) is 5.56 Å². The smallest absolute Gasteiger partial charge is 0.278 e. The van der Waals surface area contributed by atoms with Gasteiger partial charge in [-0.15, -0.1) is 0 Å². The second kappa shape index (κ2) is 8.02. The first-order chi connectivity index (χ1) is 14.2. The Bertz CT molecular complexity index is 1180. The van der Waals surface area contributed by atoms with E-state index in [2.05, 4.69) is 0 Å². The zero-order valence-corrected chi connectivity index (χ0v) is 15.7. The van der Waals surface area contributed by atoms with Gasteiger partial charge in [-0.3, -0.25) is 9.59 Å². The van der Waals surface area contributed by atoms with Crippen molar-refractivity contribution in [2.24, 2.45) is 0 Å². The quantitative estimate of drug-likeness (QED) is 0.508. The summed E-state index contributed by atoms with van der Waals surface area (Å²) in [6.07, 6.45) is 0.297. The maximum atomic E-state index is 13.2. The number of para-hydroxylation sites is 2. The third-order valence-electron chi connectivity index (χ3n) is 4.82. The summed E-state index contributed by atoms with van der Waals surface area (Å²) in [6.45, 7) is 0. The Morgan fingerprint density at radius 3 is 1.76 bits per heavy atom. The molecule has 4 aromatic rings. The number of nitrogens with zero attached hydrogens (tertiary/aromatic N) is 2. The van der Waals surface area contributed by atoms with Crippen molar-refractivity contribution >= 4 is 5.78 Å². The van der Waals surface area contributed by atoms with Crippen molar-refractivity contribution in [2.45, 2.75) is 12.8 Å². The van der Waals surface area contributed by atoms with Crippen molar-refractivity contribution in [3.05, 3.63) is 112 Å². The van der Waals surface area contributed by atoms with Gasteiger partial charge in [-0.25, -0.2) is 9.36 Å². The number of Topliss-reactive ketones (excluding diaryl/α,β-unsaturated/α-hetero) is 1. The molecule has 0 spiro atoms. The van der Waals surface area contributed by atoms with E-state index in [0.29, 0.717) is 16.9 Å². The Kier molecular flexibility index (Phi) is 5.12. The average molecular weight is 384 g/mol. The highest BCUT2D eigenvalue weighted by Crippen LogP contribution is 2.24. The number of aromatic hydroxyl groups is 1. The van der Waals surface area contributed by atoms with Gasteiger partial charge in [0.2, 0.25) is 5.88 Å². The lowest BCUT2D eigenvalue weighted by Crippen LogP contribution is -2.22. The minimum Gasteiger partial charge on any atom is -0.493 e. The van der Waals surface area contributed by atoms with Crippen LogP contribution in [0.1, 0.15) is 22.3 Å². The predicted octanol–water partition coefficient (Wildman–Crippen LogP) is 4.15. The molecule has 5 nitrogen and oxygen atoms in total. The average Bonchev–Trinajstić information content (AvgIpc) is 3.03. The second-order valence-corrected chi connectivity index (χ2v) is 6.69. The summed E-state index contributed by atoms with van der Waals surface area (Å²) >= 11 is 0. The van der Waals surface area contributed by atoms with Gasteiger partial charge in [-0.1, -0.05) is 66.7 Å². The third kappa shape index (κ3) is 3.62. The lowest BCUT2D eigenvalue weighted by atomic mass is 10.0. The highest BCUT2D eigenvalue weighted by molar-refractivity contribution is 5.96. The van der Waals surface area contributed by atoms with E-state index in [1.807, 2.05) is 54.6 Å². The Labute approximate surface area is 168 Å². The number of benzene rings is 3. The molecule has 0 aliphatic rings. The first kappa shape index (κ1) is 18.5. The number of rotatable bonds is 6. The summed E-state index contributed by atoms with van der Waals surface area (Å²) in [5.41, 5.74) is 1.78. The normalized spacial score (nSPS) is 10.8. The summed E-state index contributed by atoms with van der Waals surface area (Å²) in [7, 11) is 0. The Morgan fingerprint density at radius 2 is 1.21 bits per heavy atom. The molecular formula is C24H20N2O3. The van der Waals surface area contributed by atoms with Gasteiger partial charge in [-0.2, -0.15) is 0 Å². The molecule has 1 aromatic heterocycles. The van der Waals surface area contributed by atoms with Crippen LogP contribution in [0.3, 0.4) is 0 Å². The van der Waals surface area contributed by atoms with E-state index in [1.165, 1.54) is 9.36 Å². The van der Waals surface area contributed by atoms with Gasteiger partial charge in [0, 0.05) is 12.0 Å². The second-order valence-electron chi connectivity index (χ2n) is 6.69. The summed E-state index contributed by atoms with van der Waals surface area (Å²) < 4.78 is 2.92. The first-order valence-electron chi connectivity index (χ1n) is 9.42. The van der Waals surface area contributed by atoms with Crippen LogP contribution in [0.15, 0.2) is 95.8 Å². The molecule has 0 saturated heterocycles. The van der Waals surface area contributed by atoms with Crippen molar-refractivity contribution in [1.29, 1.82) is 0 Å². The molecule has 4 rings (SSSR count). The van der Waals surface area contributed by atoms with E-state index < -0.39 is 0 Å². The molecule has 0 radical (unpaired) electrons. The molecule has 0 aliphatic heterocycles. The lowest BCUT2D eigenvalue weighted by Gasteiger charge is -2.12. The molecule has 0 amide bonds. The van der Waals surface area contributed by atoms with E-state index >= 15 is 0 Å². The Hall–Kier alpha value is -3.86. The van der Waals surface area contributed by atoms with Crippen LogP contribution in [-0.2, 0) is 6.42 Å². The maximum Gasteiger partial charge on any atom is 0.278 e. The number of aromatic nitrogens is 2. The molecule has 0 bridgehead atoms. The van der Waals surface area contributed by atoms with Crippen molar-refractivity contribution in [2.75, 3.05) is 0 Å². The van der Waals surface area contributed by atoms with Crippen LogP contribution in [0.5, 0.6) is 5.88 Å². The van der Waals surface area contributed by atoms with Crippen molar-refractivity contribution in [3.63, 3.8) is 0 Å². The fraction of sp³-hybridized carbons (Fsp3) is 0.0833. The number of carbonyl (C=O) groups is 1. The molecule has 0 atom stereocenters. The number of ketones is 1. The van der Waals surface area contributed by atoms with Crippen molar-refractivity contribution in [1.82, 2.24) is 9.36 Å². The van der Waals surface area contributed by atoms with Crippen LogP contribution in [-0.4, -0.2) is 20.3 Å². The largest absolute Gasteiger partial charge is 0.493 e. The molecular weight excluding hydrogens is 364 g/mol. The SMILES string of the molecule is O=C(CCc1c(O)n(-c2ccccc2)n(-c2ccccc2)c1=O)c1ccccc1. The standard InChI is InChI=1S/C24H20N2O3/c27-22(18-10-4-1-5-11-18)17-16-21-23(28)25(19-12-6-2-7-13-19)26(24(21)29)20-14-8-3-9-15-20/h1-15,28H,16-17H2. The molecule has 0 unspecified atom stereocenters. The molecule has 1 N–H and O–H groups in total. The number of carbonyl (C=O) groups excluding carboxylic acids is 1. The number of hydrogen-bond donors (Lipinski definition) is 1. The zero-order chi connectivity index (χ0) is 20.2. The highest BCUT2D eigenvalue weighted by Gasteiger charge is 2.22. The number of hydrogen-bond acceptors (Lipinski definition) is 3. The molecule has 1 heterocycles. The van der Waals surface area contributed by atoms with Gasteiger partial charge in [0.1, 0.15) is 0 Å². The molecule has 3 aromatic carbocycles. The van der Waals surface area contributed by atoms with E-state index in [0.717, 1.165) is 0 Å². The van der Waals surface area contributed by atoms with Crippen LogP contribution in [0.4, 0.5) is 0 Å². The van der Waals surface area contributed by atoms with Gasteiger partial charge < -0.3 is 5.11 Å². The van der Waals surface area contributed by atoms with Crippen LogP contribution in [0, 0.1) is 0 Å². The molecule has 0 aliphatic carbocycles. The minimum atomic E-state index is -0.335. The maximum absolute atomic E-state index is 13.2. The monoisotopic (exact) mass is 384 g/mol. The fourth-order valence-corrected chi connectivity index (χ4v) is 3.37. The van der Waals surface area contributed by atoms with E-state index in [9.17, 15) is 14.7 Å². The summed E-state index contributed by atoms with van der Waals surface area (Å²) in [4.78, 5) is 25.7. The van der Waals surface area contributed by atoms with Gasteiger partial charge in [0.05, 0.1) is 16.9 Å². The van der Waals surface area contributed by atoms with Gasteiger partial charge >= 0.3 is 0 Å². The predicted molar refractivity (Wildman–Crippen MR) is 112 cm³/mol. The summed E-state index contributed by atoms with van der Waals surface area (Å²) in [6, 6.07) is 27.3. The van der Waals surface area contributed by atoms with E-state index in [4.69, 9.17) is 0 Å².